The van der Waals surface area contributed by atoms with Crippen molar-refractivity contribution in [3.63, 3.8) is 0 Å². The van der Waals surface area contributed by atoms with Crippen molar-refractivity contribution in [3.8, 4) is 5.75 Å². The lowest BCUT2D eigenvalue weighted by molar-refractivity contribution is -0.149. The zero-order valence-corrected chi connectivity index (χ0v) is 20.6. The summed E-state index contributed by atoms with van der Waals surface area (Å²) in [6.07, 6.45) is -2.53. The first-order valence-electron chi connectivity index (χ1n) is 11.3. The highest BCUT2D eigenvalue weighted by molar-refractivity contribution is 5.81. The minimum Gasteiger partial charge on any atom is -0.491 e. The average Bonchev–Trinajstić information content (AvgIpc) is 3.04. The van der Waals surface area contributed by atoms with Gasteiger partial charge in [0.25, 0.3) is 0 Å². The molecule has 10 nitrogen and oxygen atoms in total. The number of carboxylic acid groups (broad SMARTS) is 2. The lowest BCUT2D eigenvalue weighted by Crippen LogP contribution is -2.45. The fourth-order valence-electron chi connectivity index (χ4n) is 3.59. The first kappa shape index (κ1) is 28.3. The Balaban J connectivity index is 1.97. The van der Waals surface area contributed by atoms with Crippen LogP contribution >= 0.6 is 0 Å². The highest BCUT2D eigenvalue weighted by Gasteiger charge is 2.41. The average molecular weight is 500 g/mol. The number of benzene rings is 1. The molecule has 0 aliphatic carbocycles. The number of aliphatic carboxylic acids is 2. The number of carbonyl (C=O) groups excluding carboxylic acids is 1. The van der Waals surface area contributed by atoms with E-state index in [1.807, 2.05) is 0 Å². The van der Waals surface area contributed by atoms with Crippen LogP contribution in [-0.2, 0) is 30.2 Å². The largest absolute Gasteiger partial charge is 0.491 e. The Kier molecular flexibility index (Phi) is 9.45. The lowest BCUT2D eigenvalue weighted by atomic mass is 9.92. The monoisotopic (exact) mass is 499 g/mol. The number of alkyl carbamates (subject to hydrolysis) is 1. The third-order valence-corrected chi connectivity index (χ3v) is 5.12. The maximum Gasteiger partial charge on any atom is 0.408 e. The van der Waals surface area contributed by atoms with Crippen LogP contribution in [0.2, 0.25) is 0 Å². The number of alkyl halides is 1. The Morgan fingerprint density at radius 1 is 1.09 bits per heavy atom. The predicted octanol–water partition coefficient (Wildman–Crippen LogP) is 3.17. The molecule has 4 atom stereocenters. The summed E-state index contributed by atoms with van der Waals surface area (Å²) in [5.74, 6) is -4.05. The van der Waals surface area contributed by atoms with Gasteiger partial charge in [0.1, 0.15) is 42.9 Å². The number of nitrogens with one attached hydrogen (secondary N) is 1. The summed E-state index contributed by atoms with van der Waals surface area (Å²) >= 11 is 0. The topological polar surface area (TPSA) is 141 Å². The summed E-state index contributed by atoms with van der Waals surface area (Å²) in [5.41, 5.74) is -0.197. The molecule has 0 unspecified atom stereocenters. The van der Waals surface area contributed by atoms with Crippen molar-refractivity contribution in [2.24, 2.45) is 5.92 Å². The van der Waals surface area contributed by atoms with Crippen LogP contribution in [0.4, 0.5) is 9.18 Å². The second-order valence-electron chi connectivity index (χ2n) is 9.83. The molecule has 0 spiro atoms. The second-order valence-corrected chi connectivity index (χ2v) is 9.83. The minimum atomic E-state index is -1.44. The molecule has 196 valence electrons. The van der Waals surface area contributed by atoms with E-state index in [9.17, 15) is 29.0 Å². The van der Waals surface area contributed by atoms with Gasteiger partial charge in [-0.25, -0.2) is 14.0 Å². The maximum atomic E-state index is 13.2. The van der Waals surface area contributed by atoms with Gasteiger partial charge >= 0.3 is 18.0 Å². The number of halogens is 1. The van der Waals surface area contributed by atoms with Gasteiger partial charge in [0.15, 0.2) is 5.79 Å². The van der Waals surface area contributed by atoms with E-state index in [-0.39, 0.29) is 19.4 Å². The highest BCUT2D eigenvalue weighted by atomic mass is 19.1. The van der Waals surface area contributed by atoms with Gasteiger partial charge in [-0.1, -0.05) is 12.1 Å². The molecule has 1 aromatic carbocycles. The molecular weight excluding hydrogens is 465 g/mol. The number of hydrogen-bond acceptors (Lipinski definition) is 7. The molecule has 1 aliphatic heterocycles. The Bertz CT molecular complexity index is 882. The molecule has 0 aromatic heterocycles. The number of rotatable bonds is 11. The van der Waals surface area contributed by atoms with Crippen molar-refractivity contribution in [1.82, 2.24) is 5.32 Å². The van der Waals surface area contributed by atoms with E-state index in [2.05, 4.69) is 5.32 Å². The molecule has 35 heavy (non-hydrogen) atoms. The van der Waals surface area contributed by atoms with Gasteiger partial charge in [0.2, 0.25) is 0 Å². The Labute approximate surface area is 203 Å². The third-order valence-electron chi connectivity index (χ3n) is 5.12. The predicted molar refractivity (Wildman–Crippen MR) is 122 cm³/mol. The molecule has 0 radical (unpaired) electrons. The molecule has 1 saturated heterocycles. The van der Waals surface area contributed by atoms with E-state index in [4.69, 9.17) is 18.9 Å². The lowest BCUT2D eigenvalue weighted by Gasteiger charge is -2.23. The van der Waals surface area contributed by atoms with Crippen molar-refractivity contribution in [2.75, 3.05) is 13.3 Å². The van der Waals surface area contributed by atoms with Crippen molar-refractivity contribution in [3.05, 3.63) is 29.8 Å². The molecule has 2 rings (SSSR count). The van der Waals surface area contributed by atoms with E-state index >= 15 is 0 Å². The van der Waals surface area contributed by atoms with Crippen LogP contribution in [0, 0.1) is 5.92 Å². The van der Waals surface area contributed by atoms with Gasteiger partial charge in [-0.3, -0.25) is 4.79 Å². The normalized spacial score (nSPS) is 21.1. The van der Waals surface area contributed by atoms with E-state index in [0.29, 0.717) is 11.3 Å². The van der Waals surface area contributed by atoms with Crippen LogP contribution in [0.15, 0.2) is 24.3 Å². The van der Waals surface area contributed by atoms with E-state index < -0.39 is 60.3 Å². The summed E-state index contributed by atoms with van der Waals surface area (Å²) in [7, 11) is 0. The van der Waals surface area contributed by atoms with Crippen LogP contribution in [-0.4, -0.2) is 71.2 Å². The fourth-order valence-corrected chi connectivity index (χ4v) is 3.59. The standard InChI is InChI=1S/C24H34FNO9/c1-23(2,3)35-22(31)26-17(21(29)30)11-15(20(27)28)10-14-6-8-16(9-7-14)32-13-19-18(12-25)33-24(4,5)34-19/h6-9,15,17-19H,10-13H2,1-5H3,(H,26,31)(H,27,28)(H,29,30)/t15-,17-,18-,19-/m0/s1. The molecular formula is C24H34FNO9. The summed E-state index contributed by atoms with van der Waals surface area (Å²) < 4.78 is 35.0. The second kappa shape index (κ2) is 11.7. The summed E-state index contributed by atoms with van der Waals surface area (Å²) in [6, 6.07) is 5.14. The number of ether oxygens (including phenoxy) is 4. The molecule has 1 aliphatic rings. The molecule has 1 amide bonds. The fraction of sp³-hybridized carbons (Fsp3) is 0.625. The summed E-state index contributed by atoms with van der Waals surface area (Å²) in [4.78, 5) is 35.3. The van der Waals surface area contributed by atoms with Crippen LogP contribution in [0.25, 0.3) is 0 Å². The first-order valence-corrected chi connectivity index (χ1v) is 11.3. The van der Waals surface area contributed by atoms with Crippen LogP contribution < -0.4 is 10.1 Å². The molecule has 3 N–H and O–H groups in total. The molecule has 1 aromatic rings. The van der Waals surface area contributed by atoms with Crippen LogP contribution in [0.5, 0.6) is 5.75 Å². The van der Waals surface area contributed by atoms with Gasteiger partial charge in [-0.05, 0) is 65.2 Å². The third kappa shape index (κ3) is 9.33. The van der Waals surface area contributed by atoms with Crippen molar-refractivity contribution in [2.45, 2.75) is 77.1 Å². The number of carbonyl (C=O) groups is 3. The quantitative estimate of drug-likeness (QED) is 0.419. The van der Waals surface area contributed by atoms with E-state index in [1.54, 1.807) is 58.9 Å². The van der Waals surface area contributed by atoms with E-state index in [0.717, 1.165) is 0 Å². The smallest absolute Gasteiger partial charge is 0.408 e. The van der Waals surface area contributed by atoms with Gasteiger partial charge in [0.05, 0.1) is 5.92 Å². The zero-order valence-electron chi connectivity index (χ0n) is 20.6. The van der Waals surface area contributed by atoms with Crippen LogP contribution in [0.1, 0.15) is 46.6 Å². The number of amides is 1. The molecule has 1 fully saturated rings. The highest BCUT2D eigenvalue weighted by Crippen LogP contribution is 2.29. The van der Waals surface area contributed by atoms with Crippen molar-refractivity contribution < 1.29 is 47.9 Å². The SMILES string of the molecule is CC(C)(C)OC(=O)N[C@@H](C[C@H](Cc1ccc(OC[C@@H]2OC(C)(C)O[C@H]2CF)cc1)C(=O)O)C(=O)O. The van der Waals surface area contributed by atoms with Gasteiger partial charge in [-0.2, -0.15) is 0 Å². The molecule has 0 bridgehead atoms. The zero-order chi connectivity index (χ0) is 26.4. The molecule has 11 heteroatoms. The maximum absolute atomic E-state index is 13.2. The Morgan fingerprint density at radius 3 is 2.20 bits per heavy atom. The van der Waals surface area contributed by atoms with E-state index in [1.165, 1.54) is 0 Å². The Hall–Kier alpha value is -2.92. The van der Waals surface area contributed by atoms with Crippen LogP contribution in [0.3, 0.4) is 0 Å². The van der Waals surface area contributed by atoms with Gasteiger partial charge < -0.3 is 34.5 Å². The molecule has 1 heterocycles. The Morgan fingerprint density at radius 2 is 1.69 bits per heavy atom. The number of carboxylic acids is 2. The van der Waals surface area contributed by atoms with Gasteiger partial charge in [-0.15, -0.1) is 0 Å². The van der Waals surface area contributed by atoms with Crippen molar-refractivity contribution >= 4 is 18.0 Å². The minimum absolute atomic E-state index is 0.0348. The van der Waals surface area contributed by atoms with Crippen molar-refractivity contribution in [1.29, 1.82) is 0 Å². The summed E-state index contributed by atoms with van der Waals surface area (Å²) in [6.45, 7) is 7.65. The first-order chi connectivity index (χ1) is 16.2. The number of hydrogen-bond donors (Lipinski definition) is 3. The van der Waals surface area contributed by atoms with Gasteiger partial charge in [0, 0.05) is 0 Å². The molecule has 0 saturated carbocycles. The summed E-state index contributed by atoms with van der Waals surface area (Å²) in [5, 5.41) is 21.3.